The molecule has 0 aromatic heterocycles. The first-order chi connectivity index (χ1) is 3.93. The van der Waals surface area contributed by atoms with Gasteiger partial charge in [0.15, 0.2) is 0 Å². The van der Waals surface area contributed by atoms with Gasteiger partial charge in [-0.15, -0.1) is 0 Å². The highest BCUT2D eigenvalue weighted by Gasteiger charge is 1.85. The molecular weight excluding hydrogens is 98.9 g/mol. The van der Waals surface area contributed by atoms with E-state index in [2.05, 4.69) is 6.07 Å². The number of hydrogen-bond acceptors (Lipinski definition) is 1. The minimum absolute atomic E-state index is 0.120. The summed E-state index contributed by atoms with van der Waals surface area (Å²) >= 11 is 0. The monoisotopic (exact) mass is 105 g/mol. The third-order valence-electron chi connectivity index (χ3n) is 0.970. The summed E-state index contributed by atoms with van der Waals surface area (Å²) < 4.78 is 0. The molecule has 8 heavy (non-hydrogen) atoms. The summed E-state index contributed by atoms with van der Waals surface area (Å²) in [6, 6.07) is 10.1. The molecule has 1 nitrogen and oxygen atoms in total. The number of benzene rings is 1. The van der Waals surface area contributed by atoms with E-state index < -0.39 is 0 Å². The minimum Gasteiger partial charge on any atom is -0.449 e. The fourth-order valence-electron chi connectivity index (χ4n) is 0.527. The Hall–Kier alpha value is -0.755. The molecule has 0 aliphatic rings. The Morgan fingerprint density at radius 1 is 1.38 bits per heavy atom. The van der Waals surface area contributed by atoms with Crippen LogP contribution in [0.25, 0.3) is 0 Å². The molecule has 0 heterocycles. The summed E-state index contributed by atoms with van der Waals surface area (Å²) in [5.74, 6) is 0. The molecule has 2 heteroatoms. The molecule has 0 saturated heterocycles. The second kappa shape index (κ2) is 2.53. The lowest BCUT2D eigenvalue weighted by Crippen LogP contribution is -2.11. The van der Waals surface area contributed by atoms with Crippen LogP contribution in [0.5, 0.6) is 0 Å². The highest BCUT2D eigenvalue weighted by Crippen LogP contribution is 1.77. The van der Waals surface area contributed by atoms with E-state index in [1.54, 1.807) is 12.1 Å². The van der Waals surface area contributed by atoms with Crippen LogP contribution in [-0.4, -0.2) is 12.5 Å². The maximum absolute atomic E-state index is 8.52. The van der Waals surface area contributed by atoms with Gasteiger partial charge in [0.05, 0.1) is 0 Å². The quantitative estimate of drug-likeness (QED) is 0.475. The maximum atomic E-state index is 8.52. The first kappa shape index (κ1) is 5.38. The Kier molecular flexibility index (Phi) is 1.70. The molecule has 1 rings (SSSR count). The van der Waals surface area contributed by atoms with Crippen molar-refractivity contribution in [1.29, 1.82) is 0 Å². The van der Waals surface area contributed by atoms with E-state index in [9.17, 15) is 0 Å². The van der Waals surface area contributed by atoms with Crippen molar-refractivity contribution in [1.82, 2.24) is 0 Å². The van der Waals surface area contributed by atoms with Crippen LogP contribution < -0.4 is 5.46 Å². The van der Waals surface area contributed by atoms with E-state index in [4.69, 9.17) is 5.02 Å². The van der Waals surface area contributed by atoms with Gasteiger partial charge in [-0.05, 0) is 6.07 Å². The van der Waals surface area contributed by atoms with E-state index >= 15 is 0 Å². The zero-order chi connectivity index (χ0) is 5.82. The third-order valence-corrected chi connectivity index (χ3v) is 0.970. The molecule has 0 atom stereocenters. The van der Waals surface area contributed by atoms with Gasteiger partial charge in [0.1, 0.15) is 0 Å². The predicted octanol–water partition coefficient (Wildman–Crippen LogP) is -0.544. The summed E-state index contributed by atoms with van der Waals surface area (Å²) in [5, 5.41) is 8.52. The summed E-state index contributed by atoms with van der Waals surface area (Å²) in [5.41, 5.74) is 0.934. The van der Waals surface area contributed by atoms with Crippen LogP contribution in [0, 0.1) is 6.07 Å². The van der Waals surface area contributed by atoms with E-state index in [1.165, 1.54) is 0 Å². The average Bonchev–Trinajstić information content (AvgIpc) is 1.90. The van der Waals surface area contributed by atoms with E-state index in [0.717, 1.165) is 5.46 Å². The average molecular weight is 105 g/mol. The lowest BCUT2D eigenvalue weighted by atomic mass is 9.89. The van der Waals surface area contributed by atoms with Gasteiger partial charge >= 0.3 is 7.48 Å². The van der Waals surface area contributed by atoms with Crippen LogP contribution in [0.1, 0.15) is 0 Å². The molecule has 1 aromatic carbocycles. The van der Waals surface area contributed by atoms with Crippen molar-refractivity contribution in [3.63, 3.8) is 0 Å². The Bertz CT molecular complexity index is 150. The zero-order valence-corrected chi connectivity index (χ0v) is 4.46. The molecule has 0 spiro atoms. The van der Waals surface area contributed by atoms with Crippen molar-refractivity contribution in [3.8, 4) is 0 Å². The van der Waals surface area contributed by atoms with Crippen molar-refractivity contribution in [2.75, 3.05) is 0 Å². The predicted molar refractivity (Wildman–Crippen MR) is 34.3 cm³/mol. The molecule has 0 amide bonds. The number of rotatable bonds is 1. The third kappa shape index (κ3) is 1.11. The van der Waals surface area contributed by atoms with Gasteiger partial charge in [-0.3, -0.25) is 0 Å². The van der Waals surface area contributed by atoms with Crippen LogP contribution in [0.4, 0.5) is 0 Å². The van der Waals surface area contributed by atoms with Gasteiger partial charge in [0.25, 0.3) is 0 Å². The Balaban J connectivity index is 2.83. The molecule has 0 saturated carbocycles. The first-order valence-corrected chi connectivity index (χ1v) is 2.49. The van der Waals surface area contributed by atoms with Crippen LogP contribution in [-0.2, 0) is 0 Å². The summed E-state index contributed by atoms with van der Waals surface area (Å²) in [7, 11) is 0.120. The van der Waals surface area contributed by atoms with Crippen molar-refractivity contribution in [2.24, 2.45) is 0 Å². The minimum atomic E-state index is 0.120. The van der Waals surface area contributed by atoms with E-state index in [-0.39, 0.29) is 7.48 Å². The summed E-state index contributed by atoms with van der Waals surface area (Å²) in [6.07, 6.45) is 0. The fourth-order valence-corrected chi connectivity index (χ4v) is 0.527. The Labute approximate surface area is 49.2 Å². The zero-order valence-electron chi connectivity index (χ0n) is 4.46. The topological polar surface area (TPSA) is 20.2 Å². The molecule has 0 fully saturated rings. The lowest BCUT2D eigenvalue weighted by Gasteiger charge is -1.86. The SMILES string of the molecule is OBc1cc[c]cc1. The highest BCUT2D eigenvalue weighted by atomic mass is 16.2. The van der Waals surface area contributed by atoms with Gasteiger partial charge in [-0.25, -0.2) is 0 Å². The van der Waals surface area contributed by atoms with E-state index in [0.29, 0.717) is 0 Å². The van der Waals surface area contributed by atoms with Gasteiger partial charge in [0.2, 0.25) is 0 Å². The molecular formula is C6H6BO. The Morgan fingerprint density at radius 2 is 2.00 bits per heavy atom. The normalized spacial score (nSPS) is 8.62. The molecule has 0 aliphatic carbocycles. The maximum Gasteiger partial charge on any atom is 0.304 e. The molecule has 1 aromatic rings. The second-order valence-corrected chi connectivity index (χ2v) is 1.57. The van der Waals surface area contributed by atoms with Crippen molar-refractivity contribution < 1.29 is 5.02 Å². The number of hydrogen-bond donors (Lipinski definition) is 1. The largest absolute Gasteiger partial charge is 0.449 e. The molecule has 0 aliphatic heterocycles. The highest BCUT2D eigenvalue weighted by molar-refractivity contribution is 6.45. The van der Waals surface area contributed by atoms with Crippen molar-refractivity contribution in [3.05, 3.63) is 30.3 Å². The van der Waals surface area contributed by atoms with Crippen LogP contribution >= 0.6 is 0 Å². The molecule has 39 valence electrons. The molecule has 0 unspecified atom stereocenters. The van der Waals surface area contributed by atoms with Gasteiger partial charge < -0.3 is 5.02 Å². The van der Waals surface area contributed by atoms with Crippen molar-refractivity contribution in [2.45, 2.75) is 0 Å². The summed E-state index contributed by atoms with van der Waals surface area (Å²) in [6.45, 7) is 0. The molecule has 1 radical (unpaired) electrons. The summed E-state index contributed by atoms with van der Waals surface area (Å²) in [4.78, 5) is 0. The van der Waals surface area contributed by atoms with Crippen LogP contribution in [0.3, 0.4) is 0 Å². The van der Waals surface area contributed by atoms with Gasteiger partial charge in [0, 0.05) is 0 Å². The smallest absolute Gasteiger partial charge is 0.304 e. The fraction of sp³-hybridized carbons (Fsp3) is 0. The van der Waals surface area contributed by atoms with Crippen LogP contribution in [0.2, 0.25) is 0 Å². The standard InChI is InChI=1S/C6H6BO/c8-7-6-4-2-1-3-5-6/h2-5,7-8H. The van der Waals surface area contributed by atoms with Crippen molar-refractivity contribution >= 4 is 12.9 Å². The Morgan fingerprint density at radius 3 is 2.38 bits per heavy atom. The second-order valence-electron chi connectivity index (χ2n) is 1.57. The van der Waals surface area contributed by atoms with E-state index in [1.807, 2.05) is 12.1 Å². The lowest BCUT2D eigenvalue weighted by molar-refractivity contribution is 0.615. The van der Waals surface area contributed by atoms with Crippen LogP contribution in [0.15, 0.2) is 24.3 Å². The molecule has 0 bridgehead atoms. The van der Waals surface area contributed by atoms with Gasteiger partial charge in [-0.1, -0.05) is 29.7 Å². The first-order valence-electron chi connectivity index (χ1n) is 2.49. The van der Waals surface area contributed by atoms with Gasteiger partial charge in [-0.2, -0.15) is 0 Å². The molecule has 1 N–H and O–H groups in total.